The molecule has 10 nitrogen and oxygen atoms in total. The largest absolute Gasteiger partial charge is 0.493 e. The van der Waals surface area contributed by atoms with Crippen LogP contribution in [0.3, 0.4) is 0 Å². The molecule has 2 aromatic rings. The highest BCUT2D eigenvalue weighted by atomic mass is 32.1. The molecule has 0 saturated carbocycles. The summed E-state index contributed by atoms with van der Waals surface area (Å²) in [4.78, 5) is 27.2. The molecule has 11 heteroatoms. The van der Waals surface area contributed by atoms with Crippen molar-refractivity contribution in [3.05, 3.63) is 52.1 Å². The van der Waals surface area contributed by atoms with Crippen LogP contribution in [0.25, 0.3) is 0 Å². The van der Waals surface area contributed by atoms with Crippen molar-refractivity contribution in [1.29, 1.82) is 0 Å². The molecule has 1 heterocycles. The maximum absolute atomic E-state index is 12.8. The van der Waals surface area contributed by atoms with Crippen molar-refractivity contribution < 1.29 is 23.9 Å². The summed E-state index contributed by atoms with van der Waals surface area (Å²) in [7, 11) is 4.45. The Labute approximate surface area is 190 Å². The monoisotopic (exact) mass is 460 g/mol. The highest BCUT2D eigenvalue weighted by Gasteiger charge is 2.23. The molecule has 1 aliphatic rings. The summed E-state index contributed by atoms with van der Waals surface area (Å²) < 4.78 is 15.9. The van der Waals surface area contributed by atoms with Crippen LogP contribution < -0.4 is 24.4 Å². The van der Waals surface area contributed by atoms with Gasteiger partial charge in [0.15, 0.2) is 16.6 Å². The first kappa shape index (κ1) is 23.1. The topological polar surface area (TPSA) is 106 Å². The zero-order chi connectivity index (χ0) is 23.3. The molecule has 0 bridgehead atoms. The van der Waals surface area contributed by atoms with Gasteiger partial charge in [0.25, 0.3) is 11.6 Å². The van der Waals surface area contributed by atoms with Gasteiger partial charge in [-0.1, -0.05) is 0 Å². The van der Waals surface area contributed by atoms with Crippen LogP contribution in [0.1, 0.15) is 10.4 Å². The first-order chi connectivity index (χ1) is 15.4. The summed E-state index contributed by atoms with van der Waals surface area (Å²) in [6.45, 7) is 2.53. The second-order valence-electron chi connectivity index (χ2n) is 6.92. The van der Waals surface area contributed by atoms with E-state index in [9.17, 15) is 14.9 Å². The Bertz CT molecular complexity index is 981. The van der Waals surface area contributed by atoms with Crippen LogP contribution in [0.5, 0.6) is 17.2 Å². The van der Waals surface area contributed by atoms with Gasteiger partial charge in [-0.15, -0.1) is 0 Å². The van der Waals surface area contributed by atoms with Crippen LogP contribution in [-0.2, 0) is 0 Å². The van der Waals surface area contributed by atoms with Crippen molar-refractivity contribution in [1.82, 2.24) is 10.2 Å². The number of nitrogens with zero attached hydrogens (tertiary/aromatic N) is 3. The lowest BCUT2D eigenvalue weighted by atomic mass is 10.1. The highest BCUT2D eigenvalue weighted by molar-refractivity contribution is 7.80. The molecule has 1 saturated heterocycles. The van der Waals surface area contributed by atoms with E-state index in [-0.39, 0.29) is 11.6 Å². The molecule has 0 unspecified atom stereocenters. The zero-order valence-electron chi connectivity index (χ0n) is 18.0. The van der Waals surface area contributed by atoms with Crippen molar-refractivity contribution in [2.24, 2.45) is 0 Å². The van der Waals surface area contributed by atoms with E-state index in [1.165, 1.54) is 33.5 Å². The van der Waals surface area contributed by atoms with Gasteiger partial charge in [-0.25, -0.2) is 0 Å². The summed E-state index contributed by atoms with van der Waals surface area (Å²) in [6, 6.07) is 9.57. The van der Waals surface area contributed by atoms with E-state index in [1.807, 2.05) is 4.90 Å². The molecule has 0 atom stereocenters. The zero-order valence-corrected chi connectivity index (χ0v) is 18.8. The van der Waals surface area contributed by atoms with Gasteiger partial charge < -0.3 is 24.0 Å². The summed E-state index contributed by atoms with van der Waals surface area (Å²) in [5.74, 6) is 0.766. The number of anilines is 1. The van der Waals surface area contributed by atoms with Gasteiger partial charge in [-0.05, 0) is 36.5 Å². The minimum absolute atomic E-state index is 0.0584. The number of benzene rings is 2. The maximum Gasteiger partial charge on any atom is 0.269 e. The number of rotatable bonds is 6. The Hall–Kier alpha value is -3.60. The molecule has 2 aromatic carbocycles. The third-order valence-electron chi connectivity index (χ3n) is 5.14. The van der Waals surface area contributed by atoms with Crippen LogP contribution in [0, 0.1) is 10.1 Å². The standard InChI is InChI=1S/C21H24N4O6S/c1-29-17-12-14(13-18(30-2)19(17)31-3)20(26)22-21(32)24-10-8-23(9-11-24)15-4-6-16(7-5-15)25(27)28/h4-7,12-13H,8-11H2,1-3H3,(H,22,26,32). The third-order valence-corrected chi connectivity index (χ3v) is 5.50. The van der Waals surface area contributed by atoms with E-state index in [4.69, 9.17) is 26.4 Å². The van der Waals surface area contributed by atoms with Crippen molar-refractivity contribution >= 4 is 34.6 Å². The molecule has 3 rings (SSSR count). The van der Waals surface area contributed by atoms with E-state index >= 15 is 0 Å². The average molecular weight is 461 g/mol. The lowest BCUT2D eigenvalue weighted by molar-refractivity contribution is -0.384. The SMILES string of the molecule is COc1cc(C(=O)NC(=S)N2CCN(c3ccc([N+](=O)[O-])cc3)CC2)cc(OC)c1OC. The minimum Gasteiger partial charge on any atom is -0.493 e. The molecule has 1 fully saturated rings. The molecule has 0 aromatic heterocycles. The fourth-order valence-corrected chi connectivity index (χ4v) is 3.69. The summed E-state index contributed by atoms with van der Waals surface area (Å²) in [5.41, 5.74) is 1.29. The Kier molecular flexibility index (Phi) is 7.31. The third kappa shape index (κ3) is 4.99. The Morgan fingerprint density at radius 3 is 2.03 bits per heavy atom. The Balaban J connectivity index is 1.61. The van der Waals surface area contributed by atoms with Gasteiger partial charge in [-0.2, -0.15) is 0 Å². The average Bonchev–Trinajstić information content (AvgIpc) is 2.83. The molecule has 1 amide bonds. The van der Waals surface area contributed by atoms with Gasteiger partial charge in [0.2, 0.25) is 5.75 Å². The molecule has 170 valence electrons. The molecule has 32 heavy (non-hydrogen) atoms. The second-order valence-corrected chi connectivity index (χ2v) is 7.31. The van der Waals surface area contributed by atoms with Crippen molar-refractivity contribution in [2.75, 3.05) is 52.4 Å². The smallest absolute Gasteiger partial charge is 0.269 e. The number of hydrogen-bond acceptors (Lipinski definition) is 8. The van der Waals surface area contributed by atoms with Crippen LogP contribution in [-0.4, -0.2) is 68.4 Å². The highest BCUT2D eigenvalue weighted by Crippen LogP contribution is 2.38. The lowest BCUT2D eigenvalue weighted by Crippen LogP contribution is -2.52. The van der Waals surface area contributed by atoms with Gasteiger partial charge in [0, 0.05) is 49.6 Å². The van der Waals surface area contributed by atoms with Gasteiger partial charge in [-0.3, -0.25) is 20.2 Å². The van der Waals surface area contributed by atoms with E-state index < -0.39 is 4.92 Å². The Morgan fingerprint density at radius 1 is 1.00 bits per heavy atom. The van der Waals surface area contributed by atoms with E-state index in [0.29, 0.717) is 54.1 Å². The van der Waals surface area contributed by atoms with Crippen molar-refractivity contribution in [3.63, 3.8) is 0 Å². The molecule has 0 radical (unpaired) electrons. The van der Waals surface area contributed by atoms with Crippen LogP contribution in [0.4, 0.5) is 11.4 Å². The number of carbonyl (C=O) groups excluding carboxylic acids is 1. The fourth-order valence-electron chi connectivity index (χ4n) is 3.41. The summed E-state index contributed by atoms with van der Waals surface area (Å²) >= 11 is 5.44. The summed E-state index contributed by atoms with van der Waals surface area (Å²) in [5, 5.41) is 13.9. The van der Waals surface area contributed by atoms with Gasteiger partial charge in [0.05, 0.1) is 26.3 Å². The molecule has 1 N–H and O–H groups in total. The molecule has 0 spiro atoms. The number of thiocarbonyl (C=S) groups is 1. The number of nitrogens with one attached hydrogen (secondary N) is 1. The second kappa shape index (κ2) is 10.1. The van der Waals surface area contributed by atoms with Crippen LogP contribution >= 0.6 is 12.2 Å². The Morgan fingerprint density at radius 2 is 1.56 bits per heavy atom. The van der Waals surface area contributed by atoms with E-state index in [1.54, 1.807) is 24.3 Å². The normalized spacial score (nSPS) is 13.3. The number of nitro benzene ring substituents is 1. The number of methoxy groups -OCH3 is 3. The number of nitro groups is 1. The summed E-state index contributed by atoms with van der Waals surface area (Å²) in [6.07, 6.45) is 0. The van der Waals surface area contributed by atoms with Crippen LogP contribution in [0.15, 0.2) is 36.4 Å². The predicted octanol–water partition coefficient (Wildman–Crippen LogP) is 2.46. The van der Waals surface area contributed by atoms with Crippen LogP contribution in [0.2, 0.25) is 0 Å². The van der Waals surface area contributed by atoms with Crippen molar-refractivity contribution in [2.45, 2.75) is 0 Å². The van der Waals surface area contributed by atoms with Crippen molar-refractivity contribution in [3.8, 4) is 17.2 Å². The van der Waals surface area contributed by atoms with Gasteiger partial charge in [0.1, 0.15) is 0 Å². The minimum atomic E-state index is -0.420. The molecule has 0 aliphatic carbocycles. The number of non-ortho nitro benzene ring substituents is 1. The van der Waals surface area contributed by atoms with Gasteiger partial charge >= 0.3 is 0 Å². The fraction of sp³-hybridized carbons (Fsp3) is 0.333. The molecule has 1 aliphatic heterocycles. The molecular weight excluding hydrogens is 436 g/mol. The lowest BCUT2D eigenvalue weighted by Gasteiger charge is -2.37. The predicted molar refractivity (Wildman–Crippen MR) is 123 cm³/mol. The number of hydrogen-bond donors (Lipinski definition) is 1. The first-order valence-corrected chi connectivity index (χ1v) is 10.2. The first-order valence-electron chi connectivity index (χ1n) is 9.77. The number of ether oxygens (including phenoxy) is 3. The number of amides is 1. The molecular formula is C21H24N4O6S. The quantitative estimate of drug-likeness (QED) is 0.395. The van der Waals surface area contributed by atoms with E-state index in [0.717, 1.165) is 5.69 Å². The number of piperazine rings is 1. The van der Waals surface area contributed by atoms with E-state index in [2.05, 4.69) is 10.2 Å². The maximum atomic E-state index is 12.8. The number of carbonyl (C=O) groups is 1.